The average molecular weight is 306 g/mol. The van der Waals surface area contributed by atoms with Crippen LogP contribution in [0.5, 0.6) is 0 Å². The lowest BCUT2D eigenvalue weighted by molar-refractivity contribution is 1.23. The molecule has 0 atom stereocenters. The maximum Gasteiger partial charge on any atom is 0.211 e. The van der Waals surface area contributed by atoms with E-state index in [1.807, 2.05) is 78.2 Å². The van der Waals surface area contributed by atoms with Crippen LogP contribution in [0.15, 0.2) is 93.5 Å². The molecule has 1 N–H and O–H groups in total. The maximum absolute atomic E-state index is 4.37. The SMILES string of the molecule is c1ccc(N=N/C(=N\Nc2ccccc2)c2cccs2)cc1. The Labute approximate surface area is 132 Å². The number of nitrogens with one attached hydrogen (secondary N) is 1. The van der Waals surface area contributed by atoms with Crippen molar-refractivity contribution in [2.24, 2.45) is 15.3 Å². The third kappa shape index (κ3) is 3.86. The van der Waals surface area contributed by atoms with Crippen LogP contribution in [0, 0.1) is 0 Å². The first-order chi connectivity index (χ1) is 10.9. The topological polar surface area (TPSA) is 49.1 Å². The number of nitrogens with zero attached hydrogens (tertiary/aromatic N) is 3. The van der Waals surface area contributed by atoms with Gasteiger partial charge >= 0.3 is 0 Å². The lowest BCUT2D eigenvalue weighted by atomic mass is 10.3. The molecule has 1 heterocycles. The van der Waals surface area contributed by atoms with Crippen molar-refractivity contribution >= 4 is 28.5 Å². The summed E-state index contributed by atoms with van der Waals surface area (Å²) in [6.45, 7) is 0. The van der Waals surface area contributed by atoms with Gasteiger partial charge in [0.15, 0.2) is 0 Å². The standard InChI is InChI=1S/C17H14N4S/c1-3-8-14(9-4-1)18-20-17(16-12-7-13-22-16)21-19-15-10-5-2-6-11-15/h1-13,18H/b20-17-,21-19?. The number of hydrazone groups is 1. The van der Waals surface area contributed by atoms with Crippen molar-refractivity contribution in [1.82, 2.24) is 0 Å². The van der Waals surface area contributed by atoms with Crippen LogP contribution in [-0.4, -0.2) is 5.84 Å². The van der Waals surface area contributed by atoms with Crippen LogP contribution in [0.1, 0.15) is 4.88 Å². The Morgan fingerprint density at radius 1 is 0.818 bits per heavy atom. The molecule has 108 valence electrons. The first-order valence-corrected chi connectivity index (χ1v) is 7.69. The van der Waals surface area contributed by atoms with Crippen LogP contribution < -0.4 is 5.43 Å². The fourth-order valence-corrected chi connectivity index (χ4v) is 2.42. The van der Waals surface area contributed by atoms with E-state index >= 15 is 0 Å². The van der Waals surface area contributed by atoms with Gasteiger partial charge in [-0.25, -0.2) is 0 Å². The van der Waals surface area contributed by atoms with E-state index in [0.717, 1.165) is 16.3 Å². The number of anilines is 1. The summed E-state index contributed by atoms with van der Waals surface area (Å²) in [6.07, 6.45) is 0. The summed E-state index contributed by atoms with van der Waals surface area (Å²) in [5, 5.41) is 14.9. The normalized spacial score (nSPS) is 11.7. The quantitative estimate of drug-likeness (QED) is 0.302. The summed E-state index contributed by atoms with van der Waals surface area (Å²) < 4.78 is 0. The number of hydrogen-bond acceptors (Lipinski definition) is 4. The third-order valence-electron chi connectivity index (χ3n) is 2.82. The minimum atomic E-state index is 0.558. The van der Waals surface area contributed by atoms with Gasteiger partial charge in [-0.1, -0.05) is 42.5 Å². The van der Waals surface area contributed by atoms with E-state index in [9.17, 15) is 0 Å². The molecule has 3 aromatic rings. The van der Waals surface area contributed by atoms with Gasteiger partial charge in [-0.2, -0.15) is 5.10 Å². The van der Waals surface area contributed by atoms with Crippen molar-refractivity contribution in [3.8, 4) is 0 Å². The molecule has 0 saturated carbocycles. The molecule has 4 nitrogen and oxygen atoms in total. The van der Waals surface area contributed by atoms with Crippen LogP contribution in [0.4, 0.5) is 11.4 Å². The minimum absolute atomic E-state index is 0.558. The van der Waals surface area contributed by atoms with Crippen molar-refractivity contribution in [1.29, 1.82) is 0 Å². The first kappa shape index (κ1) is 14.2. The smallest absolute Gasteiger partial charge is 0.211 e. The summed E-state index contributed by atoms with van der Waals surface area (Å²) in [6, 6.07) is 23.3. The zero-order chi connectivity index (χ0) is 15.0. The van der Waals surface area contributed by atoms with E-state index in [0.29, 0.717) is 5.84 Å². The molecule has 22 heavy (non-hydrogen) atoms. The fourth-order valence-electron chi connectivity index (χ4n) is 1.76. The van der Waals surface area contributed by atoms with Crippen LogP contribution in [0.3, 0.4) is 0 Å². The van der Waals surface area contributed by atoms with Crippen molar-refractivity contribution in [3.63, 3.8) is 0 Å². The Kier molecular flexibility index (Phi) is 4.69. The van der Waals surface area contributed by atoms with E-state index in [4.69, 9.17) is 0 Å². The van der Waals surface area contributed by atoms with Gasteiger partial charge in [0.25, 0.3) is 0 Å². The highest BCUT2D eigenvalue weighted by Crippen LogP contribution is 2.16. The number of amidine groups is 1. The van der Waals surface area contributed by atoms with Gasteiger partial charge in [0, 0.05) is 0 Å². The molecule has 0 bridgehead atoms. The molecule has 0 fully saturated rings. The number of rotatable bonds is 4. The molecule has 1 aromatic heterocycles. The van der Waals surface area contributed by atoms with E-state index in [-0.39, 0.29) is 0 Å². The lowest BCUT2D eigenvalue weighted by Crippen LogP contribution is -1.98. The van der Waals surface area contributed by atoms with Crippen molar-refractivity contribution in [3.05, 3.63) is 83.1 Å². The Morgan fingerprint density at radius 3 is 2.23 bits per heavy atom. The zero-order valence-electron chi connectivity index (χ0n) is 11.8. The molecule has 2 aromatic carbocycles. The van der Waals surface area contributed by atoms with E-state index in [1.165, 1.54) is 0 Å². The highest BCUT2D eigenvalue weighted by atomic mass is 32.1. The number of azo groups is 1. The molecular weight excluding hydrogens is 292 g/mol. The maximum atomic E-state index is 4.37. The lowest BCUT2D eigenvalue weighted by Gasteiger charge is -2.01. The second kappa shape index (κ2) is 7.28. The van der Waals surface area contributed by atoms with Gasteiger partial charge < -0.3 is 0 Å². The van der Waals surface area contributed by atoms with E-state index < -0.39 is 0 Å². The second-order valence-corrected chi connectivity index (χ2v) is 5.37. The van der Waals surface area contributed by atoms with Crippen LogP contribution in [0.25, 0.3) is 0 Å². The summed E-state index contributed by atoms with van der Waals surface area (Å²) in [5.74, 6) is 0.558. The third-order valence-corrected chi connectivity index (χ3v) is 3.69. The van der Waals surface area contributed by atoms with Gasteiger partial charge in [0.2, 0.25) is 5.84 Å². The highest BCUT2D eigenvalue weighted by molar-refractivity contribution is 7.12. The number of thiophene rings is 1. The minimum Gasteiger partial charge on any atom is -0.276 e. The molecule has 0 spiro atoms. The molecular formula is C17H14N4S. The Bertz CT molecular complexity index is 750. The molecule has 5 heteroatoms. The van der Waals surface area contributed by atoms with Crippen LogP contribution >= 0.6 is 11.3 Å². The Balaban J connectivity index is 1.83. The summed E-state index contributed by atoms with van der Waals surface area (Å²) in [4.78, 5) is 0.961. The van der Waals surface area contributed by atoms with Crippen LogP contribution in [-0.2, 0) is 0 Å². The van der Waals surface area contributed by atoms with Gasteiger partial charge in [0.05, 0.1) is 16.3 Å². The van der Waals surface area contributed by atoms with Gasteiger partial charge in [-0.15, -0.1) is 21.6 Å². The zero-order valence-corrected chi connectivity index (χ0v) is 12.6. The highest BCUT2D eigenvalue weighted by Gasteiger charge is 2.04. The van der Waals surface area contributed by atoms with Crippen molar-refractivity contribution in [2.75, 3.05) is 5.43 Å². The van der Waals surface area contributed by atoms with Crippen LogP contribution in [0.2, 0.25) is 0 Å². The molecule has 0 aliphatic carbocycles. The predicted molar refractivity (Wildman–Crippen MR) is 91.9 cm³/mol. The van der Waals surface area contributed by atoms with E-state index in [2.05, 4.69) is 20.8 Å². The monoisotopic (exact) mass is 306 g/mol. The Morgan fingerprint density at radius 2 is 1.55 bits per heavy atom. The molecule has 0 amide bonds. The summed E-state index contributed by atoms with van der Waals surface area (Å²) >= 11 is 1.58. The van der Waals surface area contributed by atoms with Gasteiger partial charge in [0.1, 0.15) is 0 Å². The number of hydrogen-bond donors (Lipinski definition) is 1. The summed E-state index contributed by atoms with van der Waals surface area (Å²) in [5.41, 5.74) is 4.72. The largest absolute Gasteiger partial charge is 0.276 e. The van der Waals surface area contributed by atoms with E-state index in [1.54, 1.807) is 11.3 Å². The Hall–Kier alpha value is -2.79. The number of benzene rings is 2. The molecule has 0 unspecified atom stereocenters. The summed E-state index contributed by atoms with van der Waals surface area (Å²) in [7, 11) is 0. The van der Waals surface area contributed by atoms with Gasteiger partial charge in [-0.3, -0.25) is 5.43 Å². The van der Waals surface area contributed by atoms with Gasteiger partial charge in [-0.05, 0) is 35.7 Å². The molecule has 0 saturated heterocycles. The van der Waals surface area contributed by atoms with Crippen molar-refractivity contribution < 1.29 is 0 Å². The molecule has 0 radical (unpaired) electrons. The molecule has 3 rings (SSSR count). The second-order valence-electron chi connectivity index (χ2n) is 4.43. The predicted octanol–water partition coefficient (Wildman–Crippen LogP) is 5.31. The molecule has 0 aliphatic heterocycles. The van der Waals surface area contributed by atoms with Crippen molar-refractivity contribution in [2.45, 2.75) is 0 Å². The first-order valence-electron chi connectivity index (χ1n) is 6.81. The fraction of sp³-hybridized carbons (Fsp3) is 0. The molecule has 0 aliphatic rings. The number of para-hydroxylation sites is 1. The average Bonchev–Trinajstić information content (AvgIpc) is 3.11.